The lowest BCUT2D eigenvalue weighted by molar-refractivity contribution is 0.0141. The van der Waals surface area contributed by atoms with E-state index in [4.69, 9.17) is 4.74 Å². The fourth-order valence-electron chi connectivity index (χ4n) is 3.36. The molecule has 3 nitrogen and oxygen atoms in total. The minimum atomic E-state index is 0.826. The standard InChI is InChI=1S/C11H20N2O.C2H6/c1-12-7-11-6-10(12)8-13(11)9-2-4-14-5-3-9;1-2/h9-11H,2-8H2,1H3;1-2H3. The Morgan fingerprint density at radius 3 is 2.12 bits per heavy atom. The number of piperazine rings is 1. The number of nitrogens with zero attached hydrogens (tertiary/aromatic N) is 2. The van der Waals surface area contributed by atoms with Crippen molar-refractivity contribution in [3.63, 3.8) is 0 Å². The van der Waals surface area contributed by atoms with Gasteiger partial charge in [0.1, 0.15) is 0 Å². The summed E-state index contributed by atoms with van der Waals surface area (Å²) in [6.07, 6.45) is 3.92. The molecular formula is C13H26N2O. The van der Waals surface area contributed by atoms with Crippen molar-refractivity contribution in [2.75, 3.05) is 33.4 Å². The zero-order valence-corrected chi connectivity index (χ0v) is 11.0. The van der Waals surface area contributed by atoms with E-state index < -0.39 is 0 Å². The van der Waals surface area contributed by atoms with Crippen molar-refractivity contribution in [1.29, 1.82) is 0 Å². The van der Waals surface area contributed by atoms with Gasteiger partial charge in [0.05, 0.1) is 0 Å². The molecule has 3 fully saturated rings. The van der Waals surface area contributed by atoms with Crippen molar-refractivity contribution >= 4 is 0 Å². The highest BCUT2D eigenvalue weighted by Gasteiger charge is 2.43. The highest BCUT2D eigenvalue weighted by atomic mass is 16.5. The first kappa shape index (κ1) is 12.3. The second kappa shape index (κ2) is 5.48. The van der Waals surface area contributed by atoms with Gasteiger partial charge in [-0.2, -0.15) is 0 Å². The largest absolute Gasteiger partial charge is 0.381 e. The lowest BCUT2D eigenvalue weighted by atomic mass is 10.1. The Kier molecular flexibility index (Phi) is 4.22. The van der Waals surface area contributed by atoms with Gasteiger partial charge in [-0.05, 0) is 26.3 Å². The Bertz CT molecular complexity index is 214. The summed E-state index contributed by atoms with van der Waals surface area (Å²) >= 11 is 0. The summed E-state index contributed by atoms with van der Waals surface area (Å²) in [4.78, 5) is 5.29. The summed E-state index contributed by atoms with van der Waals surface area (Å²) in [5.74, 6) is 0. The second-order valence-corrected chi connectivity index (χ2v) is 5.02. The summed E-state index contributed by atoms with van der Waals surface area (Å²) in [5.41, 5.74) is 0. The maximum atomic E-state index is 5.42. The average molecular weight is 226 g/mol. The van der Waals surface area contributed by atoms with E-state index >= 15 is 0 Å². The minimum Gasteiger partial charge on any atom is -0.381 e. The van der Waals surface area contributed by atoms with Gasteiger partial charge >= 0.3 is 0 Å². The van der Waals surface area contributed by atoms with Gasteiger partial charge in [-0.25, -0.2) is 0 Å². The Morgan fingerprint density at radius 1 is 0.938 bits per heavy atom. The molecule has 94 valence electrons. The SMILES string of the molecule is CC.CN1CC2CC1CN2C1CCOCC1. The first-order valence-electron chi connectivity index (χ1n) is 6.88. The molecule has 0 aromatic carbocycles. The minimum absolute atomic E-state index is 0.826. The number of likely N-dealkylation sites (N-methyl/N-ethyl adjacent to an activating group) is 1. The molecule has 0 saturated carbocycles. The molecule has 2 unspecified atom stereocenters. The fourth-order valence-corrected chi connectivity index (χ4v) is 3.36. The summed E-state index contributed by atoms with van der Waals surface area (Å²) < 4.78 is 5.42. The maximum Gasteiger partial charge on any atom is 0.0480 e. The molecule has 2 atom stereocenters. The third-order valence-corrected chi connectivity index (χ3v) is 4.22. The van der Waals surface area contributed by atoms with Crippen LogP contribution in [0.3, 0.4) is 0 Å². The van der Waals surface area contributed by atoms with E-state index in [9.17, 15) is 0 Å². The van der Waals surface area contributed by atoms with Crippen LogP contribution in [0.25, 0.3) is 0 Å². The average Bonchev–Trinajstić information content (AvgIpc) is 2.91. The van der Waals surface area contributed by atoms with Crippen molar-refractivity contribution in [2.24, 2.45) is 0 Å². The van der Waals surface area contributed by atoms with Gasteiger partial charge in [-0.15, -0.1) is 0 Å². The molecule has 0 spiro atoms. The van der Waals surface area contributed by atoms with Crippen LogP contribution in [0.1, 0.15) is 33.1 Å². The van der Waals surface area contributed by atoms with Crippen molar-refractivity contribution in [3.8, 4) is 0 Å². The van der Waals surface area contributed by atoms with E-state index in [1.54, 1.807) is 0 Å². The first-order chi connectivity index (χ1) is 7.84. The van der Waals surface area contributed by atoms with Gasteiger partial charge in [0, 0.05) is 44.4 Å². The fraction of sp³-hybridized carbons (Fsp3) is 1.00. The van der Waals surface area contributed by atoms with Crippen molar-refractivity contribution in [3.05, 3.63) is 0 Å². The molecule has 16 heavy (non-hydrogen) atoms. The second-order valence-electron chi connectivity index (χ2n) is 5.02. The summed E-state index contributed by atoms with van der Waals surface area (Å²) in [7, 11) is 2.27. The van der Waals surface area contributed by atoms with Gasteiger partial charge in [-0.3, -0.25) is 4.90 Å². The van der Waals surface area contributed by atoms with Crippen LogP contribution in [0.4, 0.5) is 0 Å². The molecule has 3 saturated heterocycles. The van der Waals surface area contributed by atoms with Crippen LogP contribution in [-0.4, -0.2) is 61.3 Å². The zero-order valence-electron chi connectivity index (χ0n) is 11.0. The van der Waals surface area contributed by atoms with E-state index in [1.807, 2.05) is 13.8 Å². The summed E-state index contributed by atoms with van der Waals surface area (Å²) in [6.45, 7) is 8.57. The number of likely N-dealkylation sites (tertiary alicyclic amines) is 2. The molecule has 0 N–H and O–H groups in total. The molecular weight excluding hydrogens is 200 g/mol. The summed E-state index contributed by atoms with van der Waals surface area (Å²) in [5, 5.41) is 0. The third kappa shape index (κ3) is 2.27. The van der Waals surface area contributed by atoms with E-state index in [2.05, 4.69) is 16.8 Å². The monoisotopic (exact) mass is 226 g/mol. The number of ether oxygens (including phenoxy) is 1. The van der Waals surface area contributed by atoms with Crippen LogP contribution in [0.5, 0.6) is 0 Å². The highest BCUT2D eigenvalue weighted by Crippen LogP contribution is 2.33. The van der Waals surface area contributed by atoms with Crippen molar-refractivity contribution in [2.45, 2.75) is 51.2 Å². The smallest absolute Gasteiger partial charge is 0.0480 e. The van der Waals surface area contributed by atoms with Gasteiger partial charge < -0.3 is 9.64 Å². The zero-order chi connectivity index (χ0) is 11.5. The molecule has 0 amide bonds. The predicted octanol–water partition coefficient (Wildman–Crippen LogP) is 1.58. The Morgan fingerprint density at radius 2 is 1.62 bits per heavy atom. The summed E-state index contributed by atoms with van der Waals surface area (Å²) in [6, 6.07) is 2.53. The van der Waals surface area contributed by atoms with Crippen LogP contribution >= 0.6 is 0 Å². The molecule has 0 aromatic rings. The molecule has 0 radical (unpaired) electrons. The Labute approximate surface area is 99.7 Å². The van der Waals surface area contributed by atoms with Crippen molar-refractivity contribution in [1.82, 2.24) is 9.80 Å². The third-order valence-electron chi connectivity index (χ3n) is 4.22. The normalized spacial score (nSPS) is 36.2. The van der Waals surface area contributed by atoms with Crippen LogP contribution in [0.15, 0.2) is 0 Å². The lowest BCUT2D eigenvalue weighted by Crippen LogP contribution is -2.50. The van der Waals surface area contributed by atoms with E-state index in [0.717, 1.165) is 31.3 Å². The van der Waals surface area contributed by atoms with Gasteiger partial charge in [-0.1, -0.05) is 13.8 Å². The lowest BCUT2D eigenvalue weighted by Gasteiger charge is -2.39. The maximum absolute atomic E-state index is 5.42. The number of hydrogen-bond donors (Lipinski definition) is 0. The van der Waals surface area contributed by atoms with Crippen LogP contribution in [0.2, 0.25) is 0 Å². The molecule has 3 aliphatic rings. The number of rotatable bonds is 1. The van der Waals surface area contributed by atoms with Gasteiger partial charge in [0.2, 0.25) is 0 Å². The van der Waals surface area contributed by atoms with Gasteiger partial charge in [0.25, 0.3) is 0 Å². The van der Waals surface area contributed by atoms with Crippen LogP contribution in [0, 0.1) is 0 Å². The molecule has 0 aromatic heterocycles. The molecule has 3 heteroatoms. The molecule has 2 bridgehead atoms. The molecule has 3 aliphatic heterocycles. The van der Waals surface area contributed by atoms with Crippen LogP contribution in [-0.2, 0) is 4.74 Å². The number of hydrogen-bond acceptors (Lipinski definition) is 3. The quantitative estimate of drug-likeness (QED) is 0.675. The van der Waals surface area contributed by atoms with E-state index in [0.29, 0.717) is 0 Å². The van der Waals surface area contributed by atoms with Crippen LogP contribution < -0.4 is 0 Å². The molecule has 3 rings (SSSR count). The van der Waals surface area contributed by atoms with Crippen molar-refractivity contribution < 1.29 is 4.74 Å². The Balaban J connectivity index is 0.000000457. The Hall–Kier alpha value is -0.120. The first-order valence-corrected chi connectivity index (χ1v) is 6.88. The highest BCUT2D eigenvalue weighted by molar-refractivity contribution is 5.00. The van der Waals surface area contributed by atoms with E-state index in [1.165, 1.54) is 32.4 Å². The topological polar surface area (TPSA) is 15.7 Å². The molecule has 3 heterocycles. The number of fused-ring (bicyclic) bond motifs is 2. The molecule has 0 aliphatic carbocycles. The predicted molar refractivity (Wildman–Crippen MR) is 66.7 cm³/mol. The van der Waals surface area contributed by atoms with E-state index in [-0.39, 0.29) is 0 Å². The van der Waals surface area contributed by atoms with Gasteiger partial charge in [0.15, 0.2) is 0 Å².